The number of rotatable bonds is 11. The molecule has 0 saturated heterocycles. The summed E-state index contributed by atoms with van der Waals surface area (Å²) < 4.78 is 5.40. The molecule has 2 atom stereocenters. The van der Waals surface area contributed by atoms with Gasteiger partial charge in [-0.1, -0.05) is 31.2 Å². The SMILES string of the molecule is CCNCC(c1ccc(O)c(O)c1)C(OC(=O)C=Cc1cc(O)c(O)c2c1C=C(c1cc(O)c(O)cc1-c1cccc(O)c1)CC2)C(=O)O. The number of aromatic hydroxyl groups is 7. The standard InChI is InChI=1S/C37H35NO11/c1-2-38-18-28(22-7-10-29(40)30(41)14-22)36(37(47)48)49-34(45)11-8-21-15-33(44)35(46)24-9-6-20(13-25(21)24)27-17-32(43)31(42)16-26(27)19-4-3-5-23(39)12-19/h3-5,7-8,10-17,28,36,38-44,46H,2,6,9,18H2,1H3,(H,47,48). The van der Waals surface area contributed by atoms with Crippen molar-refractivity contribution in [2.45, 2.75) is 31.8 Å². The zero-order valence-electron chi connectivity index (χ0n) is 26.3. The second kappa shape index (κ2) is 14.3. The lowest BCUT2D eigenvalue weighted by molar-refractivity contribution is -0.162. The summed E-state index contributed by atoms with van der Waals surface area (Å²) in [5.74, 6) is -5.78. The summed E-state index contributed by atoms with van der Waals surface area (Å²) >= 11 is 0. The van der Waals surface area contributed by atoms with Gasteiger partial charge in [-0.3, -0.25) is 0 Å². The molecule has 2 unspecified atom stereocenters. The third-order valence-electron chi connectivity index (χ3n) is 8.33. The Labute approximate surface area is 280 Å². The number of benzene rings is 4. The molecule has 0 fully saturated rings. The van der Waals surface area contributed by atoms with Crippen LogP contribution in [0.4, 0.5) is 0 Å². The first kappa shape index (κ1) is 34.2. The van der Waals surface area contributed by atoms with Crippen LogP contribution in [0.5, 0.6) is 40.2 Å². The number of ether oxygens (including phenoxy) is 1. The van der Waals surface area contributed by atoms with Crippen LogP contribution in [0.1, 0.15) is 47.1 Å². The van der Waals surface area contributed by atoms with E-state index in [9.17, 15) is 50.4 Å². The first-order valence-corrected chi connectivity index (χ1v) is 15.4. The molecule has 0 aliphatic heterocycles. The minimum Gasteiger partial charge on any atom is -0.508 e. The Bertz CT molecular complexity index is 1980. The van der Waals surface area contributed by atoms with E-state index in [2.05, 4.69) is 5.32 Å². The summed E-state index contributed by atoms with van der Waals surface area (Å²) in [5, 5.41) is 84.8. The van der Waals surface area contributed by atoms with Gasteiger partial charge in [-0.15, -0.1) is 0 Å². The second-order valence-corrected chi connectivity index (χ2v) is 11.5. The molecule has 254 valence electrons. The zero-order chi connectivity index (χ0) is 35.4. The van der Waals surface area contributed by atoms with Crippen molar-refractivity contribution < 1.29 is 55.2 Å². The van der Waals surface area contributed by atoms with Crippen LogP contribution >= 0.6 is 0 Å². The Morgan fingerprint density at radius 1 is 0.837 bits per heavy atom. The Hall–Kier alpha value is -6.14. The predicted octanol–water partition coefficient (Wildman–Crippen LogP) is 5.18. The largest absolute Gasteiger partial charge is 0.508 e. The molecule has 12 nitrogen and oxygen atoms in total. The summed E-state index contributed by atoms with van der Waals surface area (Å²) in [6.45, 7) is 2.35. The van der Waals surface area contributed by atoms with Crippen LogP contribution in [0.2, 0.25) is 0 Å². The van der Waals surface area contributed by atoms with Crippen LogP contribution in [0.3, 0.4) is 0 Å². The number of allylic oxidation sites excluding steroid dienone is 1. The Morgan fingerprint density at radius 2 is 1.55 bits per heavy atom. The minimum absolute atomic E-state index is 0.00186. The normalized spacial score (nSPS) is 13.8. The fourth-order valence-electron chi connectivity index (χ4n) is 5.88. The Kier molecular flexibility index (Phi) is 10.00. The molecule has 12 heteroatoms. The maximum absolute atomic E-state index is 13.1. The van der Waals surface area contributed by atoms with Crippen molar-refractivity contribution in [2.24, 2.45) is 0 Å². The Balaban J connectivity index is 1.50. The molecular weight excluding hydrogens is 634 g/mol. The monoisotopic (exact) mass is 669 g/mol. The highest BCUT2D eigenvalue weighted by Crippen LogP contribution is 2.45. The van der Waals surface area contributed by atoms with Crippen LogP contribution in [0.15, 0.2) is 66.7 Å². The highest BCUT2D eigenvalue weighted by molar-refractivity contribution is 5.96. The van der Waals surface area contributed by atoms with Crippen molar-refractivity contribution in [1.29, 1.82) is 0 Å². The van der Waals surface area contributed by atoms with E-state index in [-0.39, 0.29) is 36.0 Å². The van der Waals surface area contributed by atoms with Crippen LogP contribution in [0, 0.1) is 0 Å². The van der Waals surface area contributed by atoms with Crippen molar-refractivity contribution in [3.8, 4) is 51.4 Å². The fourth-order valence-corrected chi connectivity index (χ4v) is 5.88. The number of aliphatic carboxylic acids is 1. The lowest BCUT2D eigenvalue weighted by Crippen LogP contribution is -2.38. The van der Waals surface area contributed by atoms with Crippen molar-refractivity contribution in [1.82, 2.24) is 5.32 Å². The van der Waals surface area contributed by atoms with Gasteiger partial charge in [0.15, 0.2) is 34.5 Å². The van der Waals surface area contributed by atoms with Gasteiger partial charge in [-0.25, -0.2) is 9.59 Å². The summed E-state index contributed by atoms with van der Waals surface area (Å²) in [5.41, 5.74) is 3.72. The van der Waals surface area contributed by atoms with Gasteiger partial charge in [-0.05, 0) is 107 Å². The van der Waals surface area contributed by atoms with Gasteiger partial charge < -0.3 is 50.9 Å². The number of hydrogen-bond donors (Lipinski definition) is 9. The fraction of sp³-hybridized carbons (Fsp3) is 0.189. The number of carbonyl (C=O) groups is 2. The molecular formula is C37H35NO11. The van der Waals surface area contributed by atoms with Crippen LogP contribution in [0.25, 0.3) is 28.9 Å². The molecule has 0 aromatic heterocycles. The van der Waals surface area contributed by atoms with E-state index in [1.807, 2.05) is 0 Å². The zero-order valence-corrected chi connectivity index (χ0v) is 26.3. The summed E-state index contributed by atoms with van der Waals surface area (Å²) in [6, 6.07) is 14.2. The van der Waals surface area contributed by atoms with E-state index in [1.165, 1.54) is 54.6 Å². The molecule has 4 aromatic carbocycles. The molecule has 0 heterocycles. The molecule has 1 aliphatic rings. The Morgan fingerprint density at radius 3 is 2.22 bits per heavy atom. The topological polar surface area (TPSA) is 217 Å². The summed E-state index contributed by atoms with van der Waals surface area (Å²) in [6.07, 6.45) is 2.94. The quantitative estimate of drug-likeness (QED) is 0.0573. The molecule has 9 N–H and O–H groups in total. The maximum Gasteiger partial charge on any atom is 0.345 e. The molecule has 0 bridgehead atoms. The van der Waals surface area contributed by atoms with Crippen LogP contribution in [-0.4, -0.2) is 72.0 Å². The molecule has 0 radical (unpaired) electrons. The maximum atomic E-state index is 13.1. The molecule has 0 amide bonds. The first-order chi connectivity index (χ1) is 23.4. The van der Waals surface area contributed by atoms with Gasteiger partial charge >= 0.3 is 11.9 Å². The molecule has 4 aromatic rings. The van der Waals surface area contributed by atoms with Gasteiger partial charge in [0, 0.05) is 24.1 Å². The smallest absolute Gasteiger partial charge is 0.345 e. The number of fused-ring (bicyclic) bond motifs is 1. The first-order valence-electron chi connectivity index (χ1n) is 15.4. The molecule has 1 aliphatic carbocycles. The number of phenols is 7. The number of carboxylic acid groups (broad SMARTS) is 1. The van der Waals surface area contributed by atoms with Gasteiger partial charge in [0.25, 0.3) is 0 Å². The minimum atomic E-state index is -1.69. The summed E-state index contributed by atoms with van der Waals surface area (Å²) in [7, 11) is 0. The van der Waals surface area contributed by atoms with Gasteiger partial charge in [0.2, 0.25) is 6.10 Å². The number of phenolic OH excluding ortho intramolecular Hbond substituents is 7. The second-order valence-electron chi connectivity index (χ2n) is 11.5. The van der Waals surface area contributed by atoms with E-state index < -0.39 is 41.2 Å². The molecule has 0 spiro atoms. The highest BCUT2D eigenvalue weighted by Gasteiger charge is 2.33. The molecule has 0 saturated carbocycles. The van der Waals surface area contributed by atoms with Crippen molar-refractivity contribution in [2.75, 3.05) is 13.1 Å². The van der Waals surface area contributed by atoms with E-state index in [4.69, 9.17) is 4.74 Å². The number of hydrogen-bond acceptors (Lipinski definition) is 11. The number of esters is 1. The third-order valence-corrected chi connectivity index (χ3v) is 8.33. The van der Waals surface area contributed by atoms with E-state index in [1.54, 1.807) is 25.1 Å². The number of carbonyl (C=O) groups excluding carboxylic acids is 1. The number of carboxylic acids is 1. The number of nitrogens with one attached hydrogen (secondary N) is 1. The van der Waals surface area contributed by atoms with Crippen molar-refractivity contribution in [3.63, 3.8) is 0 Å². The molecule has 5 rings (SSSR count). The van der Waals surface area contributed by atoms with Crippen LogP contribution in [-0.2, 0) is 20.7 Å². The van der Waals surface area contributed by atoms with Crippen LogP contribution < -0.4 is 5.32 Å². The van der Waals surface area contributed by atoms with E-state index in [0.717, 1.165) is 6.08 Å². The van der Waals surface area contributed by atoms with Gasteiger partial charge in [-0.2, -0.15) is 0 Å². The lowest BCUT2D eigenvalue weighted by atomic mass is 9.83. The van der Waals surface area contributed by atoms with Crippen molar-refractivity contribution in [3.05, 3.63) is 94.6 Å². The number of likely N-dealkylation sites (N-methyl/N-ethyl adjacent to an activating group) is 1. The third kappa shape index (κ3) is 7.39. The predicted molar refractivity (Wildman–Crippen MR) is 180 cm³/mol. The van der Waals surface area contributed by atoms with Crippen molar-refractivity contribution >= 4 is 29.7 Å². The lowest BCUT2D eigenvalue weighted by Gasteiger charge is -2.24. The average Bonchev–Trinajstić information content (AvgIpc) is 3.07. The van der Waals surface area contributed by atoms with Gasteiger partial charge in [0.1, 0.15) is 5.75 Å². The van der Waals surface area contributed by atoms with E-state index >= 15 is 0 Å². The highest BCUT2D eigenvalue weighted by atomic mass is 16.6. The summed E-state index contributed by atoms with van der Waals surface area (Å²) in [4.78, 5) is 25.4. The molecule has 49 heavy (non-hydrogen) atoms. The van der Waals surface area contributed by atoms with Gasteiger partial charge in [0.05, 0.1) is 0 Å². The van der Waals surface area contributed by atoms with E-state index in [0.29, 0.717) is 57.5 Å². The average molecular weight is 670 g/mol.